The number of carbonyl (C=O) groups excluding carboxylic acids is 3. The fourth-order valence-corrected chi connectivity index (χ4v) is 3.57. The number of aromatic nitrogens is 2. The summed E-state index contributed by atoms with van der Waals surface area (Å²) in [4.78, 5) is 41.6. The highest BCUT2D eigenvalue weighted by molar-refractivity contribution is 6.01. The summed E-state index contributed by atoms with van der Waals surface area (Å²) in [6, 6.07) is 6.99. The van der Waals surface area contributed by atoms with Crippen LogP contribution >= 0.6 is 0 Å². The lowest BCUT2D eigenvalue weighted by molar-refractivity contribution is -0.139. The minimum atomic E-state index is -0.166. The van der Waals surface area contributed by atoms with Gasteiger partial charge in [0.15, 0.2) is 0 Å². The first kappa shape index (κ1) is 17.5. The van der Waals surface area contributed by atoms with E-state index in [4.69, 9.17) is 0 Å². The van der Waals surface area contributed by atoms with E-state index in [0.29, 0.717) is 12.1 Å². The van der Waals surface area contributed by atoms with Gasteiger partial charge in [-0.05, 0) is 30.5 Å². The molecule has 1 N–H and O–H groups in total. The molecule has 0 spiro atoms. The van der Waals surface area contributed by atoms with Crippen molar-refractivity contribution in [3.63, 3.8) is 0 Å². The van der Waals surface area contributed by atoms with Crippen molar-refractivity contribution in [1.82, 2.24) is 19.8 Å². The van der Waals surface area contributed by atoms with Crippen molar-refractivity contribution in [2.45, 2.75) is 51.7 Å². The van der Waals surface area contributed by atoms with Gasteiger partial charge in [-0.25, -0.2) is 4.98 Å². The van der Waals surface area contributed by atoms with Gasteiger partial charge in [-0.1, -0.05) is 12.1 Å². The van der Waals surface area contributed by atoms with E-state index in [0.717, 1.165) is 30.0 Å². The standard InChI is InChI=1S/C20H22N4O3/c25-18-8-9-19(26)24(18)12-14-4-6-15(7-5-14)20(27)21-11-16-13-23-10-2-1-3-17(23)22-16/h4-7,13H,1-3,8-12H2,(H,21,27). The number of fused-ring (bicyclic) bond motifs is 1. The van der Waals surface area contributed by atoms with Crippen molar-refractivity contribution in [3.8, 4) is 0 Å². The van der Waals surface area contributed by atoms with E-state index in [1.165, 1.54) is 17.7 Å². The molecule has 1 aromatic carbocycles. The van der Waals surface area contributed by atoms with Crippen LogP contribution in [0.5, 0.6) is 0 Å². The van der Waals surface area contributed by atoms with Gasteiger partial charge in [0.25, 0.3) is 5.91 Å². The summed E-state index contributed by atoms with van der Waals surface area (Å²) in [5, 5.41) is 2.90. The minimum absolute atomic E-state index is 0.135. The molecule has 2 aliphatic rings. The van der Waals surface area contributed by atoms with Crippen LogP contribution in [0.4, 0.5) is 0 Å². The molecule has 1 fully saturated rings. The maximum Gasteiger partial charge on any atom is 0.251 e. The quantitative estimate of drug-likeness (QED) is 0.818. The summed E-state index contributed by atoms with van der Waals surface area (Å²) < 4.78 is 2.17. The van der Waals surface area contributed by atoms with Crippen LogP contribution in [0.2, 0.25) is 0 Å². The molecule has 1 aromatic heterocycles. The number of nitrogens with zero attached hydrogens (tertiary/aromatic N) is 3. The zero-order valence-corrected chi connectivity index (χ0v) is 15.1. The molecular weight excluding hydrogens is 344 g/mol. The first-order valence-electron chi connectivity index (χ1n) is 9.35. The molecule has 27 heavy (non-hydrogen) atoms. The third-order valence-electron chi connectivity index (χ3n) is 5.10. The predicted molar refractivity (Wildman–Crippen MR) is 97.6 cm³/mol. The summed E-state index contributed by atoms with van der Waals surface area (Å²) in [6.45, 7) is 1.66. The molecule has 0 bridgehead atoms. The number of nitrogens with one attached hydrogen (secondary N) is 1. The van der Waals surface area contributed by atoms with Gasteiger partial charge in [0.1, 0.15) is 5.82 Å². The van der Waals surface area contributed by atoms with E-state index in [1.54, 1.807) is 24.3 Å². The second-order valence-corrected chi connectivity index (χ2v) is 7.05. The van der Waals surface area contributed by atoms with E-state index in [9.17, 15) is 14.4 Å². The van der Waals surface area contributed by atoms with Gasteiger partial charge >= 0.3 is 0 Å². The molecule has 0 saturated carbocycles. The van der Waals surface area contributed by atoms with E-state index in [1.807, 2.05) is 6.20 Å². The monoisotopic (exact) mass is 366 g/mol. The predicted octanol–water partition coefficient (Wildman–Crippen LogP) is 1.80. The van der Waals surface area contributed by atoms with Crippen molar-refractivity contribution >= 4 is 17.7 Å². The molecule has 7 nitrogen and oxygen atoms in total. The zero-order valence-electron chi connectivity index (χ0n) is 15.1. The molecule has 4 rings (SSSR count). The molecule has 140 valence electrons. The van der Waals surface area contributed by atoms with Crippen LogP contribution in [0.1, 0.15) is 53.1 Å². The molecule has 3 amide bonds. The number of amides is 3. The van der Waals surface area contributed by atoms with Gasteiger partial charge in [0.05, 0.1) is 18.8 Å². The van der Waals surface area contributed by atoms with Crippen LogP contribution in [-0.2, 0) is 35.6 Å². The maximum absolute atomic E-state index is 12.4. The number of aryl methyl sites for hydroxylation is 2. The van der Waals surface area contributed by atoms with Crippen molar-refractivity contribution < 1.29 is 14.4 Å². The normalized spacial score (nSPS) is 16.5. The third kappa shape index (κ3) is 3.77. The van der Waals surface area contributed by atoms with Gasteiger partial charge in [0.2, 0.25) is 11.8 Å². The van der Waals surface area contributed by atoms with Gasteiger partial charge < -0.3 is 9.88 Å². The fraction of sp³-hybridized carbons (Fsp3) is 0.400. The average molecular weight is 366 g/mol. The smallest absolute Gasteiger partial charge is 0.251 e. The van der Waals surface area contributed by atoms with Crippen LogP contribution in [0, 0.1) is 0 Å². The van der Waals surface area contributed by atoms with Crippen LogP contribution in [0.15, 0.2) is 30.5 Å². The van der Waals surface area contributed by atoms with E-state index >= 15 is 0 Å². The first-order chi connectivity index (χ1) is 13.1. The largest absolute Gasteiger partial charge is 0.346 e. The Bertz CT molecular complexity index is 846. The highest BCUT2D eigenvalue weighted by atomic mass is 16.2. The average Bonchev–Trinajstić information content (AvgIpc) is 3.24. The SMILES string of the molecule is O=C(NCc1cn2c(n1)CCCC2)c1ccc(CN2C(=O)CCC2=O)cc1. The number of rotatable bonds is 5. The topological polar surface area (TPSA) is 84.3 Å². The first-order valence-corrected chi connectivity index (χ1v) is 9.35. The third-order valence-corrected chi connectivity index (χ3v) is 5.10. The highest BCUT2D eigenvalue weighted by Crippen LogP contribution is 2.17. The van der Waals surface area contributed by atoms with Crippen molar-refractivity contribution in [2.75, 3.05) is 0 Å². The number of imidazole rings is 1. The fourth-order valence-electron chi connectivity index (χ4n) is 3.57. The van der Waals surface area contributed by atoms with Gasteiger partial charge in [-0.2, -0.15) is 0 Å². The lowest BCUT2D eigenvalue weighted by Gasteiger charge is -2.13. The van der Waals surface area contributed by atoms with Crippen LogP contribution in [0.3, 0.4) is 0 Å². The minimum Gasteiger partial charge on any atom is -0.346 e. The highest BCUT2D eigenvalue weighted by Gasteiger charge is 2.28. The van der Waals surface area contributed by atoms with Crippen LogP contribution < -0.4 is 5.32 Å². The number of carbonyl (C=O) groups is 3. The molecule has 0 unspecified atom stereocenters. The molecule has 1 saturated heterocycles. The number of likely N-dealkylation sites (tertiary alicyclic amines) is 1. The van der Waals surface area contributed by atoms with Crippen LogP contribution in [0.25, 0.3) is 0 Å². The van der Waals surface area contributed by atoms with E-state index in [2.05, 4.69) is 14.9 Å². The summed E-state index contributed by atoms with van der Waals surface area (Å²) in [5.41, 5.74) is 2.25. The summed E-state index contributed by atoms with van der Waals surface area (Å²) in [7, 11) is 0. The van der Waals surface area contributed by atoms with E-state index < -0.39 is 0 Å². The number of imide groups is 1. The zero-order chi connectivity index (χ0) is 18.8. The molecule has 0 aliphatic carbocycles. The second-order valence-electron chi connectivity index (χ2n) is 7.05. The Morgan fingerprint density at radius 3 is 2.48 bits per heavy atom. The lowest BCUT2D eigenvalue weighted by atomic mass is 10.1. The molecule has 2 aliphatic heterocycles. The van der Waals surface area contributed by atoms with Crippen molar-refractivity contribution in [2.24, 2.45) is 0 Å². The number of hydrogen-bond donors (Lipinski definition) is 1. The Morgan fingerprint density at radius 2 is 1.78 bits per heavy atom. The Hall–Kier alpha value is -2.96. The Kier molecular flexibility index (Phi) is 4.75. The lowest BCUT2D eigenvalue weighted by Crippen LogP contribution is -2.28. The molecule has 2 aromatic rings. The Morgan fingerprint density at radius 1 is 1.04 bits per heavy atom. The Labute approximate surface area is 157 Å². The van der Waals surface area contributed by atoms with Crippen LogP contribution in [-0.4, -0.2) is 32.2 Å². The second kappa shape index (κ2) is 7.34. The Balaban J connectivity index is 1.34. The molecular formula is C20H22N4O3. The van der Waals surface area contributed by atoms with Gasteiger partial charge in [-0.3, -0.25) is 19.3 Å². The summed E-state index contributed by atoms with van der Waals surface area (Å²) >= 11 is 0. The molecule has 7 heteroatoms. The van der Waals surface area contributed by atoms with Crippen molar-refractivity contribution in [3.05, 3.63) is 53.1 Å². The van der Waals surface area contributed by atoms with Crippen molar-refractivity contribution in [1.29, 1.82) is 0 Å². The summed E-state index contributed by atoms with van der Waals surface area (Å²) in [5.74, 6) is 0.663. The molecule has 0 atom stereocenters. The molecule has 3 heterocycles. The van der Waals surface area contributed by atoms with E-state index in [-0.39, 0.29) is 37.1 Å². The number of benzene rings is 1. The number of hydrogen-bond acceptors (Lipinski definition) is 4. The molecule has 0 radical (unpaired) electrons. The van der Waals surface area contributed by atoms with Gasteiger partial charge in [0, 0.05) is 37.6 Å². The van der Waals surface area contributed by atoms with Gasteiger partial charge in [-0.15, -0.1) is 0 Å². The summed E-state index contributed by atoms with van der Waals surface area (Å²) in [6.07, 6.45) is 5.94. The maximum atomic E-state index is 12.4.